The number of fused-ring (bicyclic) bond motifs is 5. The maximum absolute atomic E-state index is 13.0. The summed E-state index contributed by atoms with van der Waals surface area (Å²) in [6.45, 7) is 3.97. The number of carbonyl (C=O) groups excluding carboxylic acids is 3. The van der Waals surface area contributed by atoms with Gasteiger partial charge >= 0.3 is 5.97 Å². The number of anilines is 1. The summed E-state index contributed by atoms with van der Waals surface area (Å²) in [6, 6.07) is 6.47. The molecule has 2 amide bonds. The number of hydrogen-bond donors (Lipinski definition) is 0. The first-order chi connectivity index (χ1) is 11.5. The van der Waals surface area contributed by atoms with E-state index < -0.39 is 11.4 Å². The Labute approximate surface area is 140 Å². The van der Waals surface area contributed by atoms with E-state index in [1.807, 2.05) is 6.92 Å². The Kier molecular flexibility index (Phi) is 3.17. The van der Waals surface area contributed by atoms with Gasteiger partial charge < -0.3 is 4.74 Å². The molecule has 3 aliphatic rings. The lowest BCUT2D eigenvalue weighted by Gasteiger charge is -2.28. The van der Waals surface area contributed by atoms with Crippen molar-refractivity contribution in [3.05, 3.63) is 42.0 Å². The van der Waals surface area contributed by atoms with Crippen molar-refractivity contribution in [1.29, 1.82) is 0 Å². The lowest BCUT2D eigenvalue weighted by Crippen LogP contribution is -2.37. The average Bonchev–Trinajstić information content (AvgIpc) is 3.20. The van der Waals surface area contributed by atoms with E-state index in [9.17, 15) is 14.4 Å². The van der Waals surface area contributed by atoms with Crippen molar-refractivity contribution in [2.45, 2.75) is 20.3 Å². The van der Waals surface area contributed by atoms with E-state index in [0.29, 0.717) is 17.9 Å². The minimum absolute atomic E-state index is 0.122. The molecule has 1 saturated carbocycles. The normalized spacial score (nSPS) is 33.2. The summed E-state index contributed by atoms with van der Waals surface area (Å²) in [5.41, 5.74) is 0.303. The number of esters is 1. The highest BCUT2D eigenvalue weighted by molar-refractivity contribution is 6.24. The fourth-order valence-electron chi connectivity index (χ4n) is 4.51. The van der Waals surface area contributed by atoms with Crippen LogP contribution in [0.5, 0.6) is 0 Å². The second-order valence-corrected chi connectivity index (χ2v) is 6.90. The van der Waals surface area contributed by atoms with E-state index in [0.717, 1.165) is 6.42 Å². The molecule has 0 radical (unpaired) electrons. The Morgan fingerprint density at radius 2 is 1.96 bits per heavy atom. The molecule has 1 heterocycles. The maximum Gasteiger partial charge on any atom is 0.338 e. The van der Waals surface area contributed by atoms with Gasteiger partial charge in [0.15, 0.2) is 0 Å². The second-order valence-electron chi connectivity index (χ2n) is 6.90. The summed E-state index contributed by atoms with van der Waals surface area (Å²) in [7, 11) is 0. The quantitative estimate of drug-likeness (QED) is 0.487. The molecule has 0 aromatic heterocycles. The summed E-state index contributed by atoms with van der Waals surface area (Å²) in [4.78, 5) is 38.9. The number of nitrogens with zero attached hydrogens (tertiary/aromatic N) is 1. The van der Waals surface area contributed by atoms with Crippen molar-refractivity contribution in [2.24, 2.45) is 23.2 Å². The van der Waals surface area contributed by atoms with Crippen LogP contribution in [0.15, 0.2) is 36.4 Å². The molecular formula is C19H19NO4. The lowest BCUT2D eigenvalue weighted by molar-refractivity contribution is -0.127. The van der Waals surface area contributed by atoms with Crippen molar-refractivity contribution < 1.29 is 19.1 Å². The van der Waals surface area contributed by atoms with Gasteiger partial charge in [0.05, 0.1) is 29.2 Å². The van der Waals surface area contributed by atoms with Gasteiger partial charge in [-0.25, -0.2) is 9.69 Å². The standard InChI is InChI=1S/C19H19NO4/c1-3-24-17(22)11-5-8-14(9-6-11)20-16(21)15-12-4-7-13(10-12)19(15,2)18(20)23/h4-9,12-13,15H,3,10H2,1-2H3/t12-,13-,15-,19+/m0/s1. The van der Waals surface area contributed by atoms with Crippen LogP contribution in [-0.2, 0) is 14.3 Å². The van der Waals surface area contributed by atoms with Gasteiger partial charge in [-0.2, -0.15) is 0 Å². The fraction of sp³-hybridized carbons (Fsp3) is 0.421. The van der Waals surface area contributed by atoms with Crippen molar-refractivity contribution in [3.63, 3.8) is 0 Å². The minimum atomic E-state index is -0.629. The van der Waals surface area contributed by atoms with Gasteiger partial charge in [0.2, 0.25) is 11.8 Å². The minimum Gasteiger partial charge on any atom is -0.462 e. The summed E-state index contributed by atoms with van der Waals surface area (Å²) in [5, 5.41) is 0. The molecule has 0 unspecified atom stereocenters. The van der Waals surface area contributed by atoms with Crippen LogP contribution in [0.25, 0.3) is 0 Å². The van der Waals surface area contributed by atoms with E-state index in [-0.39, 0.29) is 29.6 Å². The predicted molar refractivity (Wildman–Crippen MR) is 87.2 cm³/mol. The predicted octanol–water partition coefficient (Wildman–Crippen LogP) is 2.56. The third-order valence-electron chi connectivity index (χ3n) is 5.75. The smallest absolute Gasteiger partial charge is 0.338 e. The molecule has 2 aliphatic carbocycles. The molecule has 124 valence electrons. The zero-order chi connectivity index (χ0) is 17.1. The van der Waals surface area contributed by atoms with Crippen LogP contribution in [0.3, 0.4) is 0 Å². The van der Waals surface area contributed by atoms with Gasteiger partial charge in [-0.05, 0) is 56.4 Å². The van der Waals surface area contributed by atoms with Gasteiger partial charge in [-0.1, -0.05) is 12.2 Å². The molecule has 24 heavy (non-hydrogen) atoms. The molecule has 2 bridgehead atoms. The van der Waals surface area contributed by atoms with Crippen molar-refractivity contribution in [2.75, 3.05) is 11.5 Å². The van der Waals surface area contributed by atoms with Gasteiger partial charge in [-0.3, -0.25) is 9.59 Å². The average molecular weight is 325 g/mol. The molecule has 4 rings (SSSR count). The fourth-order valence-corrected chi connectivity index (χ4v) is 4.51. The SMILES string of the molecule is CCOC(=O)c1ccc(N2C(=O)[C@@H]3[C@H]4C=C[C@@H](C4)[C@@]3(C)C2=O)cc1. The molecular weight excluding hydrogens is 306 g/mol. The summed E-state index contributed by atoms with van der Waals surface area (Å²) < 4.78 is 4.95. The second kappa shape index (κ2) is 5.03. The van der Waals surface area contributed by atoms with E-state index >= 15 is 0 Å². The molecule has 1 saturated heterocycles. The lowest BCUT2D eigenvalue weighted by atomic mass is 9.71. The monoisotopic (exact) mass is 325 g/mol. The zero-order valence-electron chi connectivity index (χ0n) is 13.7. The first kappa shape index (κ1) is 15.1. The van der Waals surface area contributed by atoms with Crippen molar-refractivity contribution in [1.82, 2.24) is 0 Å². The highest BCUT2D eigenvalue weighted by atomic mass is 16.5. The Hall–Kier alpha value is -2.43. The first-order valence-electron chi connectivity index (χ1n) is 8.32. The van der Waals surface area contributed by atoms with Crippen LogP contribution in [0.4, 0.5) is 5.69 Å². The highest BCUT2D eigenvalue weighted by Crippen LogP contribution is 2.60. The van der Waals surface area contributed by atoms with Gasteiger partial charge in [0, 0.05) is 0 Å². The Balaban J connectivity index is 1.65. The van der Waals surface area contributed by atoms with Crippen LogP contribution >= 0.6 is 0 Å². The molecule has 5 nitrogen and oxygen atoms in total. The van der Waals surface area contributed by atoms with Crippen LogP contribution < -0.4 is 4.90 Å². The van der Waals surface area contributed by atoms with Crippen LogP contribution in [0.1, 0.15) is 30.6 Å². The Morgan fingerprint density at radius 1 is 1.25 bits per heavy atom. The maximum atomic E-state index is 13.0. The largest absolute Gasteiger partial charge is 0.462 e. The molecule has 0 spiro atoms. The number of rotatable bonds is 3. The molecule has 1 aromatic carbocycles. The van der Waals surface area contributed by atoms with Gasteiger partial charge in [0.1, 0.15) is 0 Å². The number of hydrogen-bond acceptors (Lipinski definition) is 4. The number of ether oxygens (including phenoxy) is 1. The number of allylic oxidation sites excluding steroid dienone is 2. The van der Waals surface area contributed by atoms with E-state index in [1.165, 1.54) is 4.90 Å². The Bertz CT molecular complexity index is 766. The van der Waals surface area contributed by atoms with Crippen molar-refractivity contribution in [3.8, 4) is 0 Å². The summed E-state index contributed by atoms with van der Waals surface area (Å²) in [5.74, 6) is -0.603. The number of carbonyl (C=O) groups is 3. The first-order valence-corrected chi connectivity index (χ1v) is 8.32. The summed E-state index contributed by atoms with van der Waals surface area (Å²) in [6.07, 6.45) is 5.06. The highest BCUT2D eigenvalue weighted by Gasteiger charge is 2.67. The zero-order valence-corrected chi connectivity index (χ0v) is 13.7. The van der Waals surface area contributed by atoms with Gasteiger partial charge in [-0.15, -0.1) is 0 Å². The Morgan fingerprint density at radius 3 is 2.58 bits per heavy atom. The van der Waals surface area contributed by atoms with Crippen molar-refractivity contribution >= 4 is 23.5 Å². The third kappa shape index (κ3) is 1.78. The van der Waals surface area contributed by atoms with E-state index in [1.54, 1.807) is 31.2 Å². The molecule has 1 aromatic rings. The molecule has 4 atom stereocenters. The number of amides is 2. The molecule has 0 N–H and O–H groups in total. The molecule has 1 aliphatic heterocycles. The van der Waals surface area contributed by atoms with Crippen LogP contribution in [0.2, 0.25) is 0 Å². The molecule has 5 heteroatoms. The molecule has 2 fully saturated rings. The van der Waals surface area contributed by atoms with Crippen LogP contribution in [-0.4, -0.2) is 24.4 Å². The number of benzene rings is 1. The van der Waals surface area contributed by atoms with E-state index in [2.05, 4.69) is 12.2 Å². The topological polar surface area (TPSA) is 63.7 Å². The van der Waals surface area contributed by atoms with Crippen LogP contribution in [0, 0.1) is 23.2 Å². The third-order valence-corrected chi connectivity index (χ3v) is 5.75. The summed E-state index contributed by atoms with van der Waals surface area (Å²) >= 11 is 0. The number of imide groups is 1. The van der Waals surface area contributed by atoms with E-state index in [4.69, 9.17) is 4.74 Å². The van der Waals surface area contributed by atoms with Gasteiger partial charge in [0.25, 0.3) is 0 Å².